The molecule has 5 rings (SSSR count). The van der Waals surface area contributed by atoms with Gasteiger partial charge in [-0.05, 0) is 112 Å². The van der Waals surface area contributed by atoms with Crippen molar-refractivity contribution in [1.82, 2.24) is 5.32 Å². The van der Waals surface area contributed by atoms with E-state index in [-0.39, 0.29) is 18.6 Å². The van der Waals surface area contributed by atoms with Crippen LogP contribution in [-0.2, 0) is 14.3 Å². The highest BCUT2D eigenvalue weighted by Crippen LogP contribution is 2.63. The van der Waals surface area contributed by atoms with Gasteiger partial charge in [0.1, 0.15) is 6.10 Å². The molecule has 9 atom stereocenters. The third-order valence-corrected chi connectivity index (χ3v) is 10.5. The van der Waals surface area contributed by atoms with Gasteiger partial charge in [0.15, 0.2) is 0 Å². The summed E-state index contributed by atoms with van der Waals surface area (Å²) in [4.78, 5) is 11.8. The Hall–Kier alpha value is -0.910. The van der Waals surface area contributed by atoms with Crippen molar-refractivity contribution in [2.75, 3.05) is 19.7 Å². The Morgan fingerprint density at radius 3 is 2.88 bits per heavy atom. The van der Waals surface area contributed by atoms with E-state index in [1.54, 1.807) is 5.57 Å². The van der Waals surface area contributed by atoms with Crippen LogP contribution in [0.25, 0.3) is 0 Å². The molecule has 33 heavy (non-hydrogen) atoms. The predicted molar refractivity (Wildman–Crippen MR) is 131 cm³/mol. The number of rotatable bonds is 2. The van der Waals surface area contributed by atoms with Crippen LogP contribution >= 0.6 is 0 Å². The molecular formula is C28H46N2O3. The summed E-state index contributed by atoms with van der Waals surface area (Å²) in [5.74, 6) is 3.49. The summed E-state index contributed by atoms with van der Waals surface area (Å²) in [6.45, 7) is 9.23. The molecule has 3 N–H and O–H groups in total. The first kappa shape index (κ1) is 23.8. The molecule has 0 unspecified atom stereocenters. The molecule has 2 aliphatic heterocycles. The van der Waals surface area contributed by atoms with Gasteiger partial charge in [0.2, 0.25) is 0 Å². The maximum Gasteiger partial charge on any atom is 0.319 e. The van der Waals surface area contributed by atoms with E-state index in [4.69, 9.17) is 15.2 Å². The average Bonchev–Trinajstić information content (AvgIpc) is 3.18. The molecule has 5 heteroatoms. The molecule has 5 nitrogen and oxygen atoms in total. The number of esters is 1. The highest BCUT2D eigenvalue weighted by molar-refractivity contribution is 5.71. The van der Waals surface area contributed by atoms with Crippen molar-refractivity contribution in [2.45, 2.75) is 103 Å². The van der Waals surface area contributed by atoms with Gasteiger partial charge in [-0.15, -0.1) is 0 Å². The summed E-state index contributed by atoms with van der Waals surface area (Å²) in [5.41, 5.74) is 9.15. The highest BCUT2D eigenvalue weighted by Gasteiger charge is 2.56. The van der Waals surface area contributed by atoms with Gasteiger partial charge in [0.25, 0.3) is 0 Å². The molecule has 5 aliphatic rings. The maximum atomic E-state index is 11.8. The molecule has 0 aromatic carbocycles. The lowest BCUT2D eigenvalue weighted by Crippen LogP contribution is -2.49. The van der Waals surface area contributed by atoms with Gasteiger partial charge in [-0.2, -0.15) is 0 Å². The van der Waals surface area contributed by atoms with E-state index in [0.29, 0.717) is 29.4 Å². The van der Waals surface area contributed by atoms with Crippen molar-refractivity contribution < 1.29 is 14.3 Å². The lowest BCUT2D eigenvalue weighted by atomic mass is 9.52. The van der Waals surface area contributed by atoms with E-state index in [1.165, 1.54) is 56.9 Å². The molecular weight excluding hydrogens is 412 g/mol. The quantitative estimate of drug-likeness (QED) is 0.468. The largest absolute Gasteiger partial charge is 0.461 e. The van der Waals surface area contributed by atoms with Crippen LogP contribution in [0.15, 0.2) is 11.1 Å². The first-order valence-electron chi connectivity index (χ1n) is 13.8. The Bertz CT molecular complexity index is 766. The van der Waals surface area contributed by atoms with Gasteiger partial charge in [-0.25, -0.2) is 0 Å². The molecule has 0 aromatic heterocycles. The number of carbonyl (C=O) groups is 1. The van der Waals surface area contributed by atoms with Gasteiger partial charge in [0.05, 0.1) is 19.3 Å². The van der Waals surface area contributed by atoms with Crippen LogP contribution < -0.4 is 11.1 Å². The predicted octanol–water partition coefficient (Wildman–Crippen LogP) is 4.59. The molecule has 0 spiro atoms. The summed E-state index contributed by atoms with van der Waals surface area (Å²) in [7, 11) is 0. The molecule has 1 saturated heterocycles. The summed E-state index contributed by atoms with van der Waals surface area (Å²) in [6.07, 6.45) is 12.7. The molecule has 186 valence electrons. The first-order valence-corrected chi connectivity index (χ1v) is 13.8. The lowest BCUT2D eigenvalue weighted by molar-refractivity contribution is -0.155. The number of carbonyl (C=O) groups excluding carboxylic acids is 1. The minimum absolute atomic E-state index is 0.00351. The number of hydrogen-bond acceptors (Lipinski definition) is 5. The fraction of sp³-hybridized carbons (Fsp3) is 0.893. The van der Waals surface area contributed by atoms with Crippen molar-refractivity contribution in [3.8, 4) is 0 Å². The van der Waals surface area contributed by atoms with E-state index < -0.39 is 0 Å². The van der Waals surface area contributed by atoms with Crippen LogP contribution in [0.2, 0.25) is 0 Å². The van der Waals surface area contributed by atoms with Crippen LogP contribution in [0.3, 0.4) is 0 Å². The summed E-state index contributed by atoms with van der Waals surface area (Å²) in [5, 5.41) is 3.80. The molecule has 2 heterocycles. The SMILES string of the molecule is C/C1=C2\C[C@H]3[C@@H](CC[C@@H]4C[C@@H](OC(=O)CN)CC[C@@]43C)[C@@H]2CCC[C@@H]2NC[C@@H](C)C[C@H]2OC1. The van der Waals surface area contributed by atoms with Crippen molar-refractivity contribution >= 4 is 5.97 Å². The minimum Gasteiger partial charge on any atom is -0.461 e. The van der Waals surface area contributed by atoms with Crippen LogP contribution in [-0.4, -0.2) is 43.9 Å². The topological polar surface area (TPSA) is 73.6 Å². The molecule has 3 aliphatic carbocycles. The van der Waals surface area contributed by atoms with Gasteiger partial charge in [-0.1, -0.05) is 25.8 Å². The normalized spacial score (nSPS) is 48.1. The third-order valence-electron chi connectivity index (χ3n) is 10.5. The Morgan fingerprint density at radius 1 is 1.21 bits per heavy atom. The maximum absolute atomic E-state index is 11.8. The van der Waals surface area contributed by atoms with Gasteiger partial charge >= 0.3 is 5.97 Å². The molecule has 0 aromatic rings. The standard InChI is InChI=1S/C28H46N2O3/c1-17-11-26-25(30-15-17)6-4-5-21-22-8-7-19-12-20(33-27(31)14-29)9-10-28(19,3)24(22)13-23(21)18(2)16-32-26/h17,19-22,24-26,30H,4-16,29H2,1-3H3/b23-18-/t17-,19+,20-,21-,22-,24-,25-,26+,28-/m0/s1. The van der Waals surface area contributed by atoms with Crippen molar-refractivity contribution in [3.63, 3.8) is 0 Å². The number of piperidine rings is 1. The second-order valence-electron chi connectivity index (χ2n) is 12.4. The zero-order chi connectivity index (χ0) is 23.2. The molecule has 4 fully saturated rings. The van der Waals surface area contributed by atoms with Crippen LogP contribution in [0.1, 0.15) is 85.0 Å². The summed E-state index contributed by atoms with van der Waals surface area (Å²) in [6, 6.07) is 0.535. The lowest BCUT2D eigenvalue weighted by Gasteiger charge is -2.53. The van der Waals surface area contributed by atoms with Crippen molar-refractivity contribution in [1.29, 1.82) is 0 Å². The second-order valence-corrected chi connectivity index (χ2v) is 12.4. The van der Waals surface area contributed by atoms with Crippen LogP contribution in [0, 0.1) is 35.0 Å². The number of fused-ring (bicyclic) bond motifs is 6. The van der Waals surface area contributed by atoms with E-state index in [2.05, 4.69) is 26.1 Å². The third kappa shape index (κ3) is 4.54. The second kappa shape index (κ2) is 9.62. The van der Waals surface area contributed by atoms with E-state index in [0.717, 1.165) is 43.7 Å². The van der Waals surface area contributed by atoms with Crippen molar-refractivity contribution in [3.05, 3.63) is 11.1 Å². The van der Waals surface area contributed by atoms with Gasteiger partial charge in [-0.3, -0.25) is 4.79 Å². The summed E-state index contributed by atoms with van der Waals surface area (Å²) >= 11 is 0. The van der Waals surface area contributed by atoms with Crippen LogP contribution in [0.5, 0.6) is 0 Å². The number of ether oxygens (including phenoxy) is 2. The fourth-order valence-corrected chi connectivity index (χ4v) is 8.62. The zero-order valence-electron chi connectivity index (χ0n) is 21.1. The molecule has 0 radical (unpaired) electrons. The highest BCUT2D eigenvalue weighted by atomic mass is 16.5. The smallest absolute Gasteiger partial charge is 0.319 e. The number of hydrogen-bond donors (Lipinski definition) is 2. The van der Waals surface area contributed by atoms with Crippen LogP contribution in [0.4, 0.5) is 0 Å². The zero-order valence-corrected chi connectivity index (χ0v) is 21.1. The number of nitrogens with two attached hydrogens (primary N) is 1. The van der Waals surface area contributed by atoms with Gasteiger partial charge < -0.3 is 20.5 Å². The van der Waals surface area contributed by atoms with Gasteiger partial charge in [0, 0.05) is 6.04 Å². The Morgan fingerprint density at radius 2 is 2.06 bits per heavy atom. The number of allylic oxidation sites excluding steroid dienone is 1. The minimum atomic E-state index is -0.242. The molecule has 0 amide bonds. The average molecular weight is 459 g/mol. The Kier molecular flexibility index (Phi) is 6.94. The van der Waals surface area contributed by atoms with E-state index in [9.17, 15) is 4.79 Å². The fourth-order valence-electron chi connectivity index (χ4n) is 8.62. The summed E-state index contributed by atoms with van der Waals surface area (Å²) < 4.78 is 12.3. The van der Waals surface area contributed by atoms with Crippen molar-refractivity contribution in [2.24, 2.45) is 40.7 Å². The Balaban J connectivity index is 1.33. The number of nitrogens with one attached hydrogen (secondary N) is 1. The first-order chi connectivity index (χ1) is 15.9. The monoisotopic (exact) mass is 458 g/mol. The van der Waals surface area contributed by atoms with E-state index >= 15 is 0 Å². The Labute approximate surface area is 200 Å². The molecule has 3 saturated carbocycles. The molecule has 0 bridgehead atoms. The van der Waals surface area contributed by atoms with E-state index in [1.807, 2.05) is 0 Å².